The maximum atomic E-state index is 12.2. The molecule has 0 radical (unpaired) electrons. The van der Waals surface area contributed by atoms with Gasteiger partial charge in [0.2, 0.25) is 5.91 Å². The first-order valence-corrected chi connectivity index (χ1v) is 8.44. The van der Waals surface area contributed by atoms with Gasteiger partial charge >= 0.3 is 0 Å². The fraction of sp³-hybridized carbons (Fsp3) is 0.611. The van der Waals surface area contributed by atoms with Crippen LogP contribution in [0.25, 0.3) is 0 Å². The van der Waals surface area contributed by atoms with Gasteiger partial charge in [-0.05, 0) is 30.9 Å². The van der Waals surface area contributed by atoms with Crippen molar-refractivity contribution in [1.29, 1.82) is 0 Å². The summed E-state index contributed by atoms with van der Waals surface area (Å²) >= 11 is 0. The van der Waals surface area contributed by atoms with Gasteiger partial charge in [0, 0.05) is 13.2 Å². The Hall–Kier alpha value is -1.75. The molecule has 128 valence electrons. The van der Waals surface area contributed by atoms with Gasteiger partial charge in [-0.2, -0.15) is 0 Å². The number of carbonyl (C=O) groups is 1. The number of amides is 1. The third kappa shape index (κ3) is 5.75. The highest BCUT2D eigenvalue weighted by Crippen LogP contribution is 2.24. The van der Waals surface area contributed by atoms with Gasteiger partial charge in [0.25, 0.3) is 0 Å². The van der Waals surface area contributed by atoms with E-state index in [0.717, 1.165) is 17.9 Å². The first-order chi connectivity index (χ1) is 11.2. The second-order valence-corrected chi connectivity index (χ2v) is 6.13. The van der Waals surface area contributed by atoms with E-state index in [0.29, 0.717) is 25.2 Å². The molecule has 0 bridgehead atoms. The van der Waals surface area contributed by atoms with Crippen molar-refractivity contribution < 1.29 is 14.3 Å². The summed E-state index contributed by atoms with van der Waals surface area (Å²) in [5, 5.41) is 6.31. The van der Waals surface area contributed by atoms with Gasteiger partial charge in [0.05, 0.1) is 18.8 Å². The molecule has 1 amide bonds. The number of nitrogens with one attached hydrogen (secondary N) is 2. The molecule has 2 N–H and O–H groups in total. The smallest absolute Gasteiger partial charge is 0.239 e. The number of rotatable bonds is 8. The van der Waals surface area contributed by atoms with Gasteiger partial charge in [0.1, 0.15) is 12.4 Å². The average Bonchev–Trinajstić information content (AvgIpc) is 2.56. The van der Waals surface area contributed by atoms with Crippen LogP contribution in [0.5, 0.6) is 5.75 Å². The number of methoxy groups -OCH3 is 1. The van der Waals surface area contributed by atoms with Gasteiger partial charge in [-0.1, -0.05) is 31.9 Å². The van der Waals surface area contributed by atoms with Crippen molar-refractivity contribution >= 4 is 11.6 Å². The van der Waals surface area contributed by atoms with Crippen LogP contribution in [-0.4, -0.2) is 38.8 Å². The van der Waals surface area contributed by atoms with Crippen LogP contribution in [0, 0.1) is 5.92 Å². The molecule has 1 saturated carbocycles. The Morgan fingerprint density at radius 1 is 1.22 bits per heavy atom. The zero-order valence-corrected chi connectivity index (χ0v) is 14.1. The lowest BCUT2D eigenvalue weighted by molar-refractivity contribution is -0.120. The largest absolute Gasteiger partial charge is 0.489 e. The molecular formula is C18H28N2O3. The minimum Gasteiger partial charge on any atom is -0.489 e. The van der Waals surface area contributed by atoms with Gasteiger partial charge in [0.15, 0.2) is 0 Å². The molecule has 23 heavy (non-hydrogen) atoms. The predicted octanol–water partition coefficient (Wildman–Crippen LogP) is 2.82. The highest BCUT2D eigenvalue weighted by molar-refractivity contribution is 5.81. The van der Waals surface area contributed by atoms with Crippen LogP contribution in [0.15, 0.2) is 24.3 Å². The Bertz CT molecular complexity index is 493. The summed E-state index contributed by atoms with van der Waals surface area (Å²) in [4.78, 5) is 12.2. The summed E-state index contributed by atoms with van der Waals surface area (Å²) < 4.78 is 10.6. The normalized spacial score (nSPS) is 20.8. The zero-order chi connectivity index (χ0) is 16.5. The summed E-state index contributed by atoms with van der Waals surface area (Å²) in [6, 6.07) is 7.95. The van der Waals surface area contributed by atoms with Crippen molar-refractivity contribution in [3.63, 3.8) is 0 Å². The van der Waals surface area contributed by atoms with E-state index in [-0.39, 0.29) is 12.5 Å². The number of ether oxygens (including phenoxy) is 2. The van der Waals surface area contributed by atoms with Crippen LogP contribution in [-0.2, 0) is 9.53 Å². The first-order valence-electron chi connectivity index (χ1n) is 8.44. The molecule has 0 spiro atoms. The monoisotopic (exact) mass is 320 g/mol. The average molecular weight is 320 g/mol. The lowest BCUT2D eigenvalue weighted by atomic mass is 9.86. The molecule has 0 unspecified atom stereocenters. The summed E-state index contributed by atoms with van der Waals surface area (Å²) in [6.07, 6.45) is 4.77. The Balaban J connectivity index is 1.81. The van der Waals surface area contributed by atoms with E-state index in [9.17, 15) is 4.79 Å². The number of anilines is 1. The van der Waals surface area contributed by atoms with Gasteiger partial charge in [-0.25, -0.2) is 0 Å². The molecule has 1 aliphatic carbocycles. The van der Waals surface area contributed by atoms with E-state index in [2.05, 4.69) is 17.6 Å². The van der Waals surface area contributed by atoms with Crippen molar-refractivity contribution in [3.8, 4) is 5.75 Å². The number of carbonyl (C=O) groups excluding carboxylic acids is 1. The van der Waals surface area contributed by atoms with Crippen LogP contribution >= 0.6 is 0 Å². The van der Waals surface area contributed by atoms with Gasteiger partial charge in [-0.15, -0.1) is 0 Å². The van der Waals surface area contributed by atoms with E-state index >= 15 is 0 Å². The predicted molar refractivity (Wildman–Crippen MR) is 91.9 cm³/mol. The molecule has 1 aromatic carbocycles. The third-order valence-electron chi connectivity index (χ3n) is 4.33. The fourth-order valence-corrected chi connectivity index (χ4v) is 2.94. The molecule has 0 saturated heterocycles. The van der Waals surface area contributed by atoms with E-state index in [1.807, 2.05) is 24.3 Å². The maximum Gasteiger partial charge on any atom is 0.239 e. The van der Waals surface area contributed by atoms with E-state index in [1.165, 1.54) is 19.3 Å². The molecule has 0 heterocycles. The lowest BCUT2D eigenvalue weighted by Crippen LogP contribution is -2.43. The standard InChI is InChI=1S/C18H28N2O3/c1-14-7-3-4-8-15(14)20-18(21)13-19-16-9-5-6-10-17(16)23-12-11-22-2/h5-6,9-10,14-15,19H,3-4,7-8,11-13H2,1-2H3,(H,20,21)/t14-,15+/m1/s1. The summed E-state index contributed by atoms with van der Waals surface area (Å²) in [6.45, 7) is 3.50. The molecule has 1 aliphatic rings. The summed E-state index contributed by atoms with van der Waals surface area (Å²) in [7, 11) is 1.64. The van der Waals surface area contributed by atoms with E-state index in [4.69, 9.17) is 9.47 Å². The van der Waals surface area contributed by atoms with Gasteiger partial charge in [-0.3, -0.25) is 4.79 Å². The zero-order valence-electron chi connectivity index (χ0n) is 14.1. The summed E-state index contributed by atoms with van der Waals surface area (Å²) in [5.41, 5.74) is 0.829. The number of hydrogen-bond acceptors (Lipinski definition) is 4. The topological polar surface area (TPSA) is 59.6 Å². The minimum absolute atomic E-state index is 0.0374. The van der Waals surface area contributed by atoms with Crippen molar-refractivity contribution in [1.82, 2.24) is 5.32 Å². The Kier molecular flexibility index (Phi) is 7.20. The molecular weight excluding hydrogens is 292 g/mol. The maximum absolute atomic E-state index is 12.2. The highest BCUT2D eigenvalue weighted by Gasteiger charge is 2.22. The van der Waals surface area contributed by atoms with Crippen molar-refractivity contribution in [3.05, 3.63) is 24.3 Å². The Morgan fingerprint density at radius 2 is 2.00 bits per heavy atom. The molecule has 5 nitrogen and oxygen atoms in total. The summed E-state index contributed by atoms with van der Waals surface area (Å²) in [5.74, 6) is 1.34. The quantitative estimate of drug-likeness (QED) is 0.723. The van der Waals surface area contributed by atoms with Crippen LogP contribution in [0.4, 0.5) is 5.69 Å². The number of para-hydroxylation sites is 2. The Labute approximate surface area is 138 Å². The first kappa shape index (κ1) is 17.6. The van der Waals surface area contributed by atoms with Crippen molar-refractivity contribution in [2.45, 2.75) is 38.6 Å². The van der Waals surface area contributed by atoms with Crippen LogP contribution in [0.1, 0.15) is 32.6 Å². The molecule has 1 aromatic rings. The van der Waals surface area contributed by atoms with Crippen LogP contribution in [0.3, 0.4) is 0 Å². The van der Waals surface area contributed by atoms with Crippen molar-refractivity contribution in [2.24, 2.45) is 5.92 Å². The number of hydrogen-bond donors (Lipinski definition) is 2. The molecule has 0 aliphatic heterocycles. The highest BCUT2D eigenvalue weighted by atomic mass is 16.5. The van der Waals surface area contributed by atoms with Gasteiger partial charge < -0.3 is 20.1 Å². The number of benzene rings is 1. The lowest BCUT2D eigenvalue weighted by Gasteiger charge is -2.29. The van der Waals surface area contributed by atoms with Crippen LogP contribution < -0.4 is 15.4 Å². The molecule has 0 aromatic heterocycles. The SMILES string of the molecule is COCCOc1ccccc1NCC(=O)N[C@H]1CCCC[C@H]1C. The van der Waals surface area contributed by atoms with E-state index in [1.54, 1.807) is 7.11 Å². The third-order valence-corrected chi connectivity index (χ3v) is 4.33. The molecule has 2 rings (SSSR count). The van der Waals surface area contributed by atoms with Crippen molar-refractivity contribution in [2.75, 3.05) is 32.2 Å². The molecule has 2 atom stereocenters. The molecule has 5 heteroatoms. The van der Waals surface area contributed by atoms with E-state index < -0.39 is 0 Å². The molecule has 1 fully saturated rings. The van der Waals surface area contributed by atoms with Crippen LogP contribution in [0.2, 0.25) is 0 Å². The minimum atomic E-state index is 0.0374. The fourth-order valence-electron chi connectivity index (χ4n) is 2.94. The second kappa shape index (κ2) is 9.40. The second-order valence-electron chi connectivity index (χ2n) is 6.13. The Morgan fingerprint density at radius 3 is 2.78 bits per heavy atom.